The first kappa shape index (κ1) is 30.4. The zero-order valence-electron chi connectivity index (χ0n) is 23.4. The van der Waals surface area contributed by atoms with Crippen LogP contribution in [0.3, 0.4) is 0 Å². The van der Waals surface area contributed by atoms with Gasteiger partial charge in [-0.25, -0.2) is 22.2 Å². The second kappa shape index (κ2) is 12.7. The number of ether oxygens (including phenoxy) is 1. The van der Waals surface area contributed by atoms with Crippen molar-refractivity contribution in [1.29, 1.82) is 0 Å². The molecule has 0 unspecified atom stereocenters. The van der Waals surface area contributed by atoms with Crippen molar-refractivity contribution in [1.82, 2.24) is 14.9 Å². The maximum absolute atomic E-state index is 14.0. The van der Waals surface area contributed by atoms with Crippen molar-refractivity contribution >= 4 is 33.1 Å². The molecule has 0 radical (unpaired) electrons. The van der Waals surface area contributed by atoms with Crippen molar-refractivity contribution in [3.05, 3.63) is 108 Å². The standard InChI is InChI=1S/C31H26F2N4O6S/c1-44(41,42)24-7-5-23(6-8-24)43-28-11-4-22(18-35-28)36-30(39)20-2-10-27(34-17-20)31(40)37-14-12-19(13-15-37)29(38)25-9-3-21(32)16-26(25)33/h2-11,16-19H,12-15H2,1H3,(H,36,39). The molecule has 1 fully saturated rings. The van der Waals surface area contributed by atoms with Crippen molar-refractivity contribution in [2.24, 2.45) is 5.92 Å². The Morgan fingerprint density at radius 2 is 1.64 bits per heavy atom. The van der Waals surface area contributed by atoms with Crippen LogP contribution in [0.15, 0.2) is 84.0 Å². The molecule has 1 saturated heterocycles. The summed E-state index contributed by atoms with van der Waals surface area (Å²) in [7, 11) is -3.32. The lowest BCUT2D eigenvalue weighted by Crippen LogP contribution is -2.40. The van der Waals surface area contributed by atoms with Crippen molar-refractivity contribution in [3.63, 3.8) is 0 Å². The van der Waals surface area contributed by atoms with Crippen molar-refractivity contribution in [3.8, 4) is 11.6 Å². The summed E-state index contributed by atoms with van der Waals surface area (Å²) in [5.41, 5.74) is 0.556. The summed E-state index contributed by atoms with van der Waals surface area (Å²) in [4.78, 5) is 48.4. The van der Waals surface area contributed by atoms with E-state index in [1.807, 2.05) is 0 Å². The Kier molecular flexibility index (Phi) is 8.76. The molecule has 0 aliphatic carbocycles. The molecule has 2 aromatic heterocycles. The average molecular weight is 621 g/mol. The van der Waals surface area contributed by atoms with Crippen LogP contribution in [-0.4, -0.2) is 60.2 Å². The topological polar surface area (TPSA) is 136 Å². The van der Waals surface area contributed by atoms with Gasteiger partial charge in [-0.3, -0.25) is 19.4 Å². The maximum atomic E-state index is 14.0. The van der Waals surface area contributed by atoms with Crippen LogP contribution >= 0.6 is 0 Å². The molecule has 4 aromatic rings. The van der Waals surface area contributed by atoms with Crippen LogP contribution in [0.5, 0.6) is 11.6 Å². The number of likely N-dealkylation sites (tertiary alicyclic amines) is 1. The van der Waals surface area contributed by atoms with Gasteiger partial charge in [0.2, 0.25) is 5.88 Å². The van der Waals surface area contributed by atoms with Gasteiger partial charge in [-0.2, -0.15) is 0 Å². The van der Waals surface area contributed by atoms with Gasteiger partial charge < -0.3 is 15.0 Å². The SMILES string of the molecule is CS(=O)(=O)c1ccc(Oc2ccc(NC(=O)c3ccc(C(=O)N4CCC(C(=O)c5ccc(F)cc5F)CC4)nc3)cn2)cc1. The molecule has 226 valence electrons. The van der Waals surface area contributed by atoms with Crippen LogP contribution in [0, 0.1) is 17.6 Å². The summed E-state index contributed by atoms with van der Waals surface area (Å²) >= 11 is 0. The van der Waals surface area contributed by atoms with E-state index in [1.54, 1.807) is 11.0 Å². The number of rotatable bonds is 8. The zero-order valence-corrected chi connectivity index (χ0v) is 24.2. The highest BCUT2D eigenvalue weighted by molar-refractivity contribution is 7.90. The highest BCUT2D eigenvalue weighted by atomic mass is 32.2. The fourth-order valence-electron chi connectivity index (χ4n) is 4.66. The highest BCUT2D eigenvalue weighted by Crippen LogP contribution is 2.25. The number of piperidine rings is 1. The number of nitrogens with one attached hydrogen (secondary N) is 1. The molecule has 3 heterocycles. The molecular weight excluding hydrogens is 594 g/mol. The number of hydrogen-bond donors (Lipinski definition) is 1. The average Bonchev–Trinajstić information content (AvgIpc) is 3.01. The number of pyridine rings is 2. The number of halogens is 2. The second-order valence-electron chi connectivity index (χ2n) is 10.2. The number of Topliss-reactive ketones (excluding diaryl/α,β-unsaturated/α-hetero) is 1. The number of anilines is 1. The van der Waals surface area contributed by atoms with Crippen LogP contribution in [0.1, 0.15) is 44.0 Å². The molecule has 1 aliphatic rings. The highest BCUT2D eigenvalue weighted by Gasteiger charge is 2.30. The molecule has 5 rings (SSSR count). The van der Waals surface area contributed by atoms with E-state index in [0.717, 1.165) is 18.4 Å². The molecule has 0 atom stereocenters. The first-order valence-corrected chi connectivity index (χ1v) is 15.4. The quantitative estimate of drug-likeness (QED) is 0.274. The van der Waals surface area contributed by atoms with Gasteiger partial charge in [0.15, 0.2) is 15.6 Å². The number of sulfone groups is 1. The number of carbonyl (C=O) groups is 3. The van der Waals surface area contributed by atoms with Crippen molar-refractivity contribution in [2.45, 2.75) is 17.7 Å². The monoisotopic (exact) mass is 620 g/mol. The van der Waals surface area contributed by atoms with E-state index >= 15 is 0 Å². The normalized spacial score (nSPS) is 13.8. The number of carbonyl (C=O) groups excluding carboxylic acids is 3. The largest absolute Gasteiger partial charge is 0.439 e. The Balaban J connectivity index is 1.13. The molecule has 13 heteroatoms. The summed E-state index contributed by atoms with van der Waals surface area (Å²) in [6.45, 7) is 0.529. The predicted octanol–water partition coefficient (Wildman–Crippen LogP) is 4.94. The van der Waals surface area contributed by atoms with E-state index in [1.165, 1.54) is 54.9 Å². The van der Waals surface area contributed by atoms with E-state index in [2.05, 4.69) is 15.3 Å². The van der Waals surface area contributed by atoms with Gasteiger partial charge in [-0.15, -0.1) is 0 Å². The fraction of sp³-hybridized carbons (Fsp3) is 0.194. The van der Waals surface area contributed by atoms with Gasteiger partial charge in [0.05, 0.1) is 27.9 Å². The Labute approximate surface area is 251 Å². The smallest absolute Gasteiger partial charge is 0.272 e. The third kappa shape index (κ3) is 7.11. The third-order valence-corrected chi connectivity index (χ3v) is 8.19. The number of hydrogen-bond acceptors (Lipinski definition) is 8. The summed E-state index contributed by atoms with van der Waals surface area (Å²) in [5, 5.41) is 2.68. The third-order valence-electron chi connectivity index (χ3n) is 7.06. The molecule has 2 amide bonds. The second-order valence-corrected chi connectivity index (χ2v) is 12.2. The van der Waals surface area contributed by atoms with Crippen LogP contribution < -0.4 is 10.1 Å². The fourth-order valence-corrected chi connectivity index (χ4v) is 5.29. The molecule has 0 bridgehead atoms. The first-order valence-electron chi connectivity index (χ1n) is 13.5. The van der Waals surface area contributed by atoms with E-state index in [9.17, 15) is 31.6 Å². The molecular formula is C31H26F2N4O6S. The lowest BCUT2D eigenvalue weighted by atomic mass is 9.88. The predicted molar refractivity (Wildman–Crippen MR) is 155 cm³/mol. The first-order chi connectivity index (χ1) is 21.0. The minimum atomic E-state index is -3.32. The molecule has 0 spiro atoms. The van der Waals surface area contributed by atoms with E-state index in [4.69, 9.17) is 4.74 Å². The Hall–Kier alpha value is -5.04. The number of benzene rings is 2. The summed E-state index contributed by atoms with van der Waals surface area (Å²) in [6.07, 6.45) is 4.44. The lowest BCUT2D eigenvalue weighted by Gasteiger charge is -2.31. The van der Waals surface area contributed by atoms with Gasteiger partial charge in [-0.1, -0.05) is 0 Å². The molecule has 0 saturated carbocycles. The van der Waals surface area contributed by atoms with Gasteiger partial charge >= 0.3 is 0 Å². The van der Waals surface area contributed by atoms with Crippen molar-refractivity contribution in [2.75, 3.05) is 24.7 Å². The molecule has 1 aliphatic heterocycles. The Morgan fingerprint density at radius 1 is 0.909 bits per heavy atom. The van der Waals surface area contributed by atoms with Gasteiger partial charge in [-0.05, 0) is 67.4 Å². The summed E-state index contributed by atoms with van der Waals surface area (Å²) < 4.78 is 56.0. The van der Waals surface area contributed by atoms with E-state index in [0.29, 0.717) is 30.3 Å². The molecule has 2 aromatic carbocycles. The van der Waals surface area contributed by atoms with Gasteiger partial charge in [0.25, 0.3) is 11.8 Å². The summed E-state index contributed by atoms with van der Waals surface area (Å²) in [6, 6.07) is 14.8. The van der Waals surface area contributed by atoms with Crippen LogP contribution in [0.2, 0.25) is 0 Å². The van der Waals surface area contributed by atoms with Crippen molar-refractivity contribution < 1.29 is 36.3 Å². The number of amides is 2. The Morgan fingerprint density at radius 3 is 2.23 bits per heavy atom. The van der Waals surface area contributed by atoms with Gasteiger partial charge in [0.1, 0.15) is 23.1 Å². The molecule has 1 N–H and O–H groups in total. The minimum absolute atomic E-state index is 0.128. The van der Waals surface area contributed by atoms with Crippen LogP contribution in [0.25, 0.3) is 0 Å². The number of ketones is 1. The van der Waals surface area contributed by atoms with E-state index in [-0.39, 0.29) is 46.6 Å². The van der Waals surface area contributed by atoms with Crippen LogP contribution in [-0.2, 0) is 9.84 Å². The number of nitrogens with zero attached hydrogens (tertiary/aromatic N) is 3. The zero-order chi connectivity index (χ0) is 31.4. The maximum Gasteiger partial charge on any atom is 0.272 e. The minimum Gasteiger partial charge on any atom is -0.439 e. The van der Waals surface area contributed by atoms with Crippen LogP contribution in [0.4, 0.5) is 14.5 Å². The lowest BCUT2D eigenvalue weighted by molar-refractivity contribution is 0.0644. The molecule has 10 nitrogen and oxygen atoms in total. The molecule has 44 heavy (non-hydrogen) atoms. The van der Waals surface area contributed by atoms with E-state index < -0.39 is 39.1 Å². The van der Waals surface area contributed by atoms with Gasteiger partial charge in [0, 0.05) is 43.6 Å². The summed E-state index contributed by atoms with van der Waals surface area (Å²) in [5.74, 6) is -2.77. The Bertz CT molecular complexity index is 1810. The number of aromatic nitrogens is 2.